The van der Waals surface area contributed by atoms with Crippen LogP contribution in [-0.2, 0) is 11.8 Å². The van der Waals surface area contributed by atoms with Crippen molar-refractivity contribution in [3.63, 3.8) is 0 Å². The van der Waals surface area contributed by atoms with Gasteiger partial charge in [-0.1, -0.05) is 13.8 Å². The Morgan fingerprint density at radius 2 is 2.11 bits per heavy atom. The van der Waals surface area contributed by atoms with E-state index in [0.29, 0.717) is 24.4 Å². The summed E-state index contributed by atoms with van der Waals surface area (Å²) in [6, 6.07) is -0.136. The molecule has 0 saturated carbocycles. The number of hydrogen-bond donors (Lipinski definition) is 1. The van der Waals surface area contributed by atoms with Crippen LogP contribution in [0.2, 0.25) is 0 Å². The van der Waals surface area contributed by atoms with Gasteiger partial charge in [-0.3, -0.25) is 14.3 Å². The largest absolute Gasteiger partial charge is 0.447 e. The van der Waals surface area contributed by atoms with Gasteiger partial charge in [0.2, 0.25) is 5.91 Å². The van der Waals surface area contributed by atoms with Crippen LogP contribution in [0.4, 0.5) is 0 Å². The lowest BCUT2D eigenvalue weighted by atomic mass is 9.93. The van der Waals surface area contributed by atoms with Crippen LogP contribution in [0.5, 0.6) is 0 Å². The normalized spacial score (nSPS) is 20.2. The Morgan fingerprint density at radius 3 is 2.68 bits per heavy atom. The Labute approximate surface area is 165 Å². The molecule has 1 saturated heterocycles. The highest BCUT2D eigenvalue weighted by Gasteiger charge is 2.46. The first-order valence-electron chi connectivity index (χ1n) is 9.62. The fourth-order valence-corrected chi connectivity index (χ4v) is 3.93. The summed E-state index contributed by atoms with van der Waals surface area (Å²) in [5.41, 5.74) is 0.963. The quantitative estimate of drug-likeness (QED) is 0.851. The van der Waals surface area contributed by atoms with E-state index in [-0.39, 0.29) is 35.2 Å². The molecule has 8 heteroatoms. The summed E-state index contributed by atoms with van der Waals surface area (Å²) in [4.78, 5) is 31.4. The highest BCUT2D eigenvalue weighted by molar-refractivity contribution is 5.93. The summed E-state index contributed by atoms with van der Waals surface area (Å²) in [5.74, 6) is 0.402. The van der Waals surface area contributed by atoms with Crippen LogP contribution in [0.15, 0.2) is 23.2 Å². The molecule has 2 aromatic heterocycles. The molecule has 0 spiro atoms. The van der Waals surface area contributed by atoms with Crippen molar-refractivity contribution in [2.45, 2.75) is 58.5 Å². The van der Waals surface area contributed by atoms with Crippen molar-refractivity contribution >= 4 is 11.8 Å². The number of carbonyl (C=O) groups is 2. The molecule has 0 radical (unpaired) electrons. The van der Waals surface area contributed by atoms with Gasteiger partial charge in [0.05, 0.1) is 12.2 Å². The molecule has 0 aliphatic carbocycles. The van der Waals surface area contributed by atoms with Gasteiger partial charge in [-0.25, -0.2) is 4.98 Å². The first kappa shape index (κ1) is 20.1. The molecule has 8 nitrogen and oxygen atoms in total. The van der Waals surface area contributed by atoms with Crippen molar-refractivity contribution in [1.29, 1.82) is 0 Å². The fourth-order valence-electron chi connectivity index (χ4n) is 3.93. The number of aryl methyl sites for hydroxylation is 1. The topological polar surface area (TPSA) is 93.3 Å². The van der Waals surface area contributed by atoms with Crippen LogP contribution in [0.25, 0.3) is 0 Å². The molecule has 1 N–H and O–H groups in total. The fraction of sp³-hybridized carbons (Fsp3) is 0.600. The third kappa shape index (κ3) is 3.81. The Hall–Kier alpha value is -2.64. The Kier molecular flexibility index (Phi) is 5.32. The van der Waals surface area contributed by atoms with Crippen molar-refractivity contribution in [2.24, 2.45) is 13.0 Å². The van der Waals surface area contributed by atoms with E-state index in [0.717, 1.165) is 5.56 Å². The summed E-state index contributed by atoms with van der Waals surface area (Å²) in [7, 11) is 1.86. The first-order chi connectivity index (χ1) is 13.1. The minimum atomic E-state index is -0.326. The lowest BCUT2D eigenvalue weighted by Gasteiger charge is -2.38. The maximum Gasteiger partial charge on any atom is 0.273 e. The second-order valence-electron chi connectivity index (χ2n) is 8.72. The average molecular weight is 387 g/mol. The Bertz CT molecular complexity index is 861. The molecular formula is C20H29N5O3. The second kappa shape index (κ2) is 7.41. The summed E-state index contributed by atoms with van der Waals surface area (Å²) in [6.45, 7) is 10.4. The number of amides is 2. The van der Waals surface area contributed by atoms with Gasteiger partial charge in [0.15, 0.2) is 12.1 Å². The van der Waals surface area contributed by atoms with Crippen molar-refractivity contribution in [3.05, 3.63) is 35.8 Å². The molecule has 2 atom stereocenters. The van der Waals surface area contributed by atoms with Gasteiger partial charge in [-0.05, 0) is 20.8 Å². The van der Waals surface area contributed by atoms with E-state index in [1.54, 1.807) is 10.9 Å². The van der Waals surface area contributed by atoms with E-state index in [4.69, 9.17) is 4.42 Å². The van der Waals surface area contributed by atoms with Crippen molar-refractivity contribution < 1.29 is 14.0 Å². The molecule has 2 aromatic rings. The molecule has 0 aromatic carbocycles. The summed E-state index contributed by atoms with van der Waals surface area (Å²) >= 11 is 0. The molecule has 0 bridgehead atoms. The first-order valence-corrected chi connectivity index (χ1v) is 9.62. The average Bonchev–Trinajstić information content (AvgIpc) is 3.29. The van der Waals surface area contributed by atoms with Gasteiger partial charge in [-0.2, -0.15) is 5.10 Å². The van der Waals surface area contributed by atoms with E-state index in [9.17, 15) is 9.59 Å². The number of carbonyl (C=O) groups excluding carboxylic acids is 2. The molecule has 28 heavy (non-hydrogen) atoms. The summed E-state index contributed by atoms with van der Waals surface area (Å²) in [5, 5.41) is 7.23. The van der Waals surface area contributed by atoms with Gasteiger partial charge < -0.3 is 14.6 Å². The van der Waals surface area contributed by atoms with Crippen molar-refractivity contribution in [3.8, 4) is 0 Å². The molecule has 0 unspecified atom stereocenters. The molecule has 3 heterocycles. The maximum absolute atomic E-state index is 12.8. The highest BCUT2D eigenvalue weighted by atomic mass is 16.3. The molecule has 152 valence electrons. The summed E-state index contributed by atoms with van der Waals surface area (Å²) in [6.07, 6.45) is 5.41. The molecule has 1 aliphatic rings. The van der Waals surface area contributed by atoms with Crippen molar-refractivity contribution in [2.75, 3.05) is 6.54 Å². The van der Waals surface area contributed by atoms with Gasteiger partial charge >= 0.3 is 0 Å². The van der Waals surface area contributed by atoms with Crippen LogP contribution in [-0.4, -0.2) is 43.6 Å². The zero-order valence-corrected chi connectivity index (χ0v) is 17.4. The third-order valence-corrected chi connectivity index (χ3v) is 5.08. The van der Waals surface area contributed by atoms with E-state index in [1.165, 1.54) is 6.39 Å². The predicted molar refractivity (Wildman–Crippen MR) is 104 cm³/mol. The minimum Gasteiger partial charge on any atom is -0.447 e. The zero-order valence-electron chi connectivity index (χ0n) is 17.4. The van der Waals surface area contributed by atoms with Crippen LogP contribution >= 0.6 is 0 Å². The molecule has 3 rings (SSSR count). The van der Waals surface area contributed by atoms with Crippen LogP contribution in [0.1, 0.15) is 74.8 Å². The minimum absolute atomic E-state index is 0.0470. The Balaban J connectivity index is 1.81. The van der Waals surface area contributed by atoms with Gasteiger partial charge in [-0.15, -0.1) is 0 Å². The van der Waals surface area contributed by atoms with E-state index < -0.39 is 0 Å². The number of likely N-dealkylation sites (tertiary alicyclic amines) is 1. The third-order valence-electron chi connectivity index (χ3n) is 5.08. The highest BCUT2D eigenvalue weighted by Crippen LogP contribution is 2.42. The van der Waals surface area contributed by atoms with Gasteiger partial charge in [0.1, 0.15) is 5.76 Å². The van der Waals surface area contributed by atoms with E-state index >= 15 is 0 Å². The Morgan fingerprint density at radius 1 is 1.39 bits per heavy atom. The predicted octanol–water partition coefficient (Wildman–Crippen LogP) is 2.65. The second-order valence-corrected chi connectivity index (χ2v) is 8.72. The molecular weight excluding hydrogens is 358 g/mol. The zero-order chi connectivity index (χ0) is 20.6. The van der Waals surface area contributed by atoms with E-state index in [2.05, 4.69) is 15.4 Å². The van der Waals surface area contributed by atoms with Crippen LogP contribution in [0, 0.1) is 5.92 Å². The molecule has 2 amide bonds. The van der Waals surface area contributed by atoms with E-state index in [1.807, 2.05) is 52.8 Å². The number of nitrogens with one attached hydrogen (secondary N) is 1. The number of rotatable bonds is 5. The summed E-state index contributed by atoms with van der Waals surface area (Å²) < 4.78 is 7.08. The number of oxazole rings is 1. The smallest absolute Gasteiger partial charge is 0.273 e. The lowest BCUT2D eigenvalue weighted by Crippen LogP contribution is -2.44. The van der Waals surface area contributed by atoms with Crippen LogP contribution < -0.4 is 5.32 Å². The standard InChI is InChI=1S/C20H29N5O3/c1-12(2)18-16(22-11-28-18)19(27)21-8-13-7-15(26)25(20(3,4)5)17(13)14-9-23-24(6)10-14/h9-13,17H,7-8H2,1-6H3,(H,21,27)/t13-,17+/m0/s1. The molecule has 1 fully saturated rings. The van der Waals surface area contributed by atoms with Crippen molar-refractivity contribution in [1.82, 2.24) is 25.0 Å². The monoisotopic (exact) mass is 387 g/mol. The van der Waals surface area contributed by atoms with Gasteiger partial charge in [0, 0.05) is 49.1 Å². The number of hydrogen-bond acceptors (Lipinski definition) is 5. The maximum atomic E-state index is 12.8. The van der Waals surface area contributed by atoms with Gasteiger partial charge in [0.25, 0.3) is 5.91 Å². The van der Waals surface area contributed by atoms with Crippen LogP contribution in [0.3, 0.4) is 0 Å². The number of nitrogens with zero attached hydrogens (tertiary/aromatic N) is 4. The molecule has 1 aliphatic heterocycles. The number of aromatic nitrogens is 3. The lowest BCUT2D eigenvalue weighted by molar-refractivity contribution is -0.133. The SMILES string of the molecule is CC(C)c1ocnc1C(=O)NC[C@@H]1CC(=O)N(C(C)(C)C)[C@H]1c1cnn(C)c1.